The summed E-state index contributed by atoms with van der Waals surface area (Å²) >= 11 is 0. The summed E-state index contributed by atoms with van der Waals surface area (Å²) in [5, 5.41) is 2.68. The Labute approximate surface area is 99.9 Å². The molecule has 0 spiro atoms. The fourth-order valence-electron chi connectivity index (χ4n) is 1.43. The Kier molecular flexibility index (Phi) is 4.66. The summed E-state index contributed by atoms with van der Waals surface area (Å²) in [6, 6.07) is 4.83. The maximum Gasteiger partial charge on any atom is 0.251 e. The Morgan fingerprint density at radius 2 is 1.94 bits per heavy atom. The molecule has 0 saturated heterocycles. The Hall–Kier alpha value is -1.88. The minimum absolute atomic E-state index is 0.242. The van der Waals surface area contributed by atoms with Gasteiger partial charge in [-0.1, -0.05) is 0 Å². The number of aryl methyl sites for hydroxylation is 1. The molecule has 5 nitrogen and oxygen atoms in total. The predicted molar refractivity (Wildman–Crippen MR) is 63.9 cm³/mol. The van der Waals surface area contributed by atoms with E-state index < -0.39 is 5.91 Å². The first-order valence-electron chi connectivity index (χ1n) is 5.23. The van der Waals surface area contributed by atoms with Crippen LogP contribution in [0.5, 0.6) is 0 Å². The zero-order chi connectivity index (χ0) is 12.8. The number of benzene rings is 1. The van der Waals surface area contributed by atoms with Crippen LogP contribution in [0.4, 0.5) is 0 Å². The maximum absolute atomic E-state index is 11.7. The zero-order valence-electron chi connectivity index (χ0n) is 9.95. The van der Waals surface area contributed by atoms with Crippen LogP contribution in [-0.2, 0) is 4.74 Å². The number of hydrogen-bond acceptors (Lipinski definition) is 3. The molecule has 0 radical (unpaired) electrons. The number of nitrogens with one attached hydrogen (secondary N) is 1. The minimum atomic E-state index is -0.542. The van der Waals surface area contributed by atoms with E-state index in [1.54, 1.807) is 26.2 Å². The second-order valence-corrected chi connectivity index (χ2v) is 3.70. The Balaban J connectivity index is 2.82. The average Bonchev–Trinajstić information content (AvgIpc) is 2.28. The van der Waals surface area contributed by atoms with Gasteiger partial charge in [-0.15, -0.1) is 0 Å². The molecule has 5 heteroatoms. The van der Waals surface area contributed by atoms with Crippen molar-refractivity contribution in [1.82, 2.24) is 5.32 Å². The van der Waals surface area contributed by atoms with E-state index >= 15 is 0 Å². The van der Waals surface area contributed by atoms with E-state index in [1.165, 1.54) is 6.07 Å². The number of methoxy groups -OCH3 is 1. The standard InChI is InChI=1S/C12H16N2O3/c1-8-5-9(11(13)15)7-10(6-8)12(16)14-3-4-17-2/h5-7H,3-4H2,1-2H3,(H2,13,15)(H,14,16). The Bertz CT molecular complexity index is 430. The van der Waals surface area contributed by atoms with Crippen LogP contribution >= 0.6 is 0 Å². The number of rotatable bonds is 5. The fraction of sp³-hybridized carbons (Fsp3) is 0.333. The molecular weight excluding hydrogens is 220 g/mol. The van der Waals surface area contributed by atoms with Crippen LogP contribution in [0.2, 0.25) is 0 Å². The molecule has 0 aliphatic carbocycles. The number of hydrogen-bond donors (Lipinski definition) is 2. The average molecular weight is 236 g/mol. The van der Waals surface area contributed by atoms with Crippen molar-refractivity contribution in [2.45, 2.75) is 6.92 Å². The highest BCUT2D eigenvalue weighted by Crippen LogP contribution is 2.09. The van der Waals surface area contributed by atoms with Crippen LogP contribution in [0.3, 0.4) is 0 Å². The third kappa shape index (κ3) is 3.88. The van der Waals surface area contributed by atoms with E-state index in [9.17, 15) is 9.59 Å². The number of carbonyl (C=O) groups is 2. The van der Waals surface area contributed by atoms with Crippen LogP contribution in [0.1, 0.15) is 26.3 Å². The fourth-order valence-corrected chi connectivity index (χ4v) is 1.43. The summed E-state index contributed by atoms with van der Waals surface area (Å²) in [6.07, 6.45) is 0. The lowest BCUT2D eigenvalue weighted by molar-refractivity contribution is 0.0937. The van der Waals surface area contributed by atoms with Crippen molar-refractivity contribution in [3.63, 3.8) is 0 Å². The molecule has 17 heavy (non-hydrogen) atoms. The number of ether oxygens (including phenoxy) is 1. The van der Waals surface area contributed by atoms with E-state index in [0.29, 0.717) is 24.3 Å². The summed E-state index contributed by atoms with van der Waals surface area (Å²) in [5.74, 6) is -0.784. The summed E-state index contributed by atoms with van der Waals surface area (Å²) in [4.78, 5) is 22.8. The molecule has 0 heterocycles. The molecule has 0 aliphatic heterocycles. The lowest BCUT2D eigenvalue weighted by Gasteiger charge is -2.06. The predicted octanol–water partition coefficient (Wildman–Crippen LogP) is 0.470. The van der Waals surface area contributed by atoms with Gasteiger partial charge in [-0.3, -0.25) is 9.59 Å². The van der Waals surface area contributed by atoms with Crippen LogP contribution in [0.15, 0.2) is 18.2 Å². The lowest BCUT2D eigenvalue weighted by atomic mass is 10.1. The molecule has 0 unspecified atom stereocenters. The molecule has 1 rings (SSSR count). The summed E-state index contributed by atoms with van der Waals surface area (Å²) < 4.78 is 4.82. The van der Waals surface area contributed by atoms with Crippen molar-refractivity contribution in [1.29, 1.82) is 0 Å². The molecule has 2 amide bonds. The van der Waals surface area contributed by atoms with Gasteiger partial charge in [0.05, 0.1) is 6.61 Å². The third-order valence-corrected chi connectivity index (χ3v) is 2.22. The van der Waals surface area contributed by atoms with Gasteiger partial charge in [-0.25, -0.2) is 0 Å². The number of primary amides is 1. The molecule has 1 aromatic carbocycles. The number of nitrogens with two attached hydrogens (primary N) is 1. The first-order valence-corrected chi connectivity index (χ1v) is 5.23. The molecular formula is C12H16N2O3. The first-order chi connectivity index (χ1) is 8.04. The highest BCUT2D eigenvalue weighted by Gasteiger charge is 2.09. The van der Waals surface area contributed by atoms with Gasteiger partial charge in [-0.05, 0) is 30.7 Å². The van der Waals surface area contributed by atoms with Crippen molar-refractivity contribution in [3.8, 4) is 0 Å². The molecule has 0 saturated carbocycles. The van der Waals surface area contributed by atoms with Gasteiger partial charge in [0.25, 0.3) is 5.91 Å². The smallest absolute Gasteiger partial charge is 0.251 e. The van der Waals surface area contributed by atoms with Crippen molar-refractivity contribution in [3.05, 3.63) is 34.9 Å². The van der Waals surface area contributed by atoms with Crippen molar-refractivity contribution in [2.24, 2.45) is 5.73 Å². The topological polar surface area (TPSA) is 81.4 Å². The van der Waals surface area contributed by atoms with Crippen molar-refractivity contribution >= 4 is 11.8 Å². The molecule has 92 valence electrons. The molecule has 0 atom stereocenters. The molecule has 0 aliphatic rings. The van der Waals surface area contributed by atoms with Crippen molar-refractivity contribution < 1.29 is 14.3 Å². The van der Waals surface area contributed by atoms with Gasteiger partial charge in [-0.2, -0.15) is 0 Å². The highest BCUT2D eigenvalue weighted by atomic mass is 16.5. The monoisotopic (exact) mass is 236 g/mol. The van der Waals surface area contributed by atoms with Gasteiger partial charge in [0.15, 0.2) is 0 Å². The maximum atomic E-state index is 11.7. The van der Waals surface area contributed by atoms with Gasteiger partial charge >= 0.3 is 0 Å². The summed E-state index contributed by atoms with van der Waals surface area (Å²) in [7, 11) is 1.56. The van der Waals surface area contributed by atoms with Crippen LogP contribution in [0, 0.1) is 6.92 Å². The zero-order valence-corrected chi connectivity index (χ0v) is 9.95. The lowest BCUT2D eigenvalue weighted by Crippen LogP contribution is -2.27. The highest BCUT2D eigenvalue weighted by molar-refractivity contribution is 5.99. The Morgan fingerprint density at radius 3 is 2.53 bits per heavy atom. The van der Waals surface area contributed by atoms with E-state index in [4.69, 9.17) is 10.5 Å². The number of amides is 2. The second kappa shape index (κ2) is 6.00. The molecule has 0 bridgehead atoms. The quantitative estimate of drug-likeness (QED) is 0.729. The van der Waals surface area contributed by atoms with Crippen LogP contribution in [0.25, 0.3) is 0 Å². The second-order valence-electron chi connectivity index (χ2n) is 3.70. The summed E-state index contributed by atoms with van der Waals surface area (Å²) in [6.45, 7) is 2.67. The van der Waals surface area contributed by atoms with Gasteiger partial charge in [0.2, 0.25) is 5.91 Å². The first kappa shape index (κ1) is 13.2. The summed E-state index contributed by atoms with van der Waals surface area (Å²) in [5.41, 5.74) is 6.76. The van der Waals surface area contributed by atoms with E-state index in [2.05, 4.69) is 5.32 Å². The SMILES string of the molecule is COCCNC(=O)c1cc(C)cc(C(N)=O)c1. The number of carbonyl (C=O) groups excluding carboxylic acids is 2. The molecule has 0 aromatic heterocycles. The van der Waals surface area contributed by atoms with Crippen LogP contribution < -0.4 is 11.1 Å². The van der Waals surface area contributed by atoms with Gasteiger partial charge < -0.3 is 15.8 Å². The minimum Gasteiger partial charge on any atom is -0.383 e. The van der Waals surface area contributed by atoms with Crippen LogP contribution in [-0.4, -0.2) is 32.1 Å². The largest absolute Gasteiger partial charge is 0.383 e. The normalized spacial score (nSPS) is 10.0. The van der Waals surface area contributed by atoms with Gasteiger partial charge in [0.1, 0.15) is 0 Å². The van der Waals surface area contributed by atoms with Gasteiger partial charge in [0, 0.05) is 24.8 Å². The molecule has 1 aromatic rings. The molecule has 0 fully saturated rings. The molecule has 3 N–H and O–H groups in total. The van der Waals surface area contributed by atoms with Crippen molar-refractivity contribution in [2.75, 3.05) is 20.3 Å². The van der Waals surface area contributed by atoms with E-state index in [0.717, 1.165) is 5.56 Å². The Morgan fingerprint density at radius 1 is 1.29 bits per heavy atom. The van der Waals surface area contributed by atoms with E-state index in [-0.39, 0.29) is 5.91 Å². The van der Waals surface area contributed by atoms with E-state index in [1.807, 2.05) is 0 Å². The third-order valence-electron chi connectivity index (χ3n) is 2.22.